The number of hydrogen-bond acceptors (Lipinski definition) is 2. The van der Waals surface area contributed by atoms with Gasteiger partial charge in [0.15, 0.2) is 0 Å². The molecule has 0 radical (unpaired) electrons. The molecule has 1 atom stereocenters. The Hall–Kier alpha value is -0.0600. The number of rotatable bonds is 7. The highest BCUT2D eigenvalue weighted by Gasteiger charge is 2.13. The van der Waals surface area contributed by atoms with E-state index in [2.05, 4.69) is 51.8 Å². The molecule has 1 aromatic rings. The Bertz CT molecular complexity index is 352. The molecule has 0 aliphatic rings. The van der Waals surface area contributed by atoms with Crippen molar-refractivity contribution in [2.75, 3.05) is 12.4 Å². The first kappa shape index (κ1) is 15.0. The minimum atomic E-state index is 0.499. The Morgan fingerprint density at radius 2 is 2.18 bits per heavy atom. The molecule has 0 aliphatic carbocycles. The fraction of sp³-hybridized carbons (Fsp3) is 0.750. The normalized spacial score (nSPS) is 13.0. The molecule has 1 unspecified atom stereocenters. The van der Waals surface area contributed by atoms with Crippen LogP contribution in [0.3, 0.4) is 0 Å². The fourth-order valence-corrected chi connectivity index (χ4v) is 2.49. The molecule has 0 aromatic carbocycles. The minimum Gasteiger partial charge on any atom is -0.311 e. The topological polar surface area (TPSA) is 29.9 Å². The predicted molar refractivity (Wildman–Crippen MR) is 76.6 cm³/mol. The quantitative estimate of drug-likeness (QED) is 0.781. The number of aromatic nitrogens is 2. The number of nitrogens with zero attached hydrogens (tertiary/aromatic N) is 2. The Kier molecular flexibility index (Phi) is 6.52. The van der Waals surface area contributed by atoms with Gasteiger partial charge >= 0.3 is 0 Å². The van der Waals surface area contributed by atoms with Crippen molar-refractivity contribution in [3.8, 4) is 0 Å². The van der Waals surface area contributed by atoms with Crippen molar-refractivity contribution in [2.45, 2.75) is 40.3 Å². The van der Waals surface area contributed by atoms with E-state index >= 15 is 0 Å². The van der Waals surface area contributed by atoms with Crippen molar-refractivity contribution in [1.29, 1.82) is 0 Å². The van der Waals surface area contributed by atoms with E-state index in [0.717, 1.165) is 36.2 Å². The molecule has 17 heavy (non-hydrogen) atoms. The third-order valence-electron chi connectivity index (χ3n) is 2.74. The van der Waals surface area contributed by atoms with Gasteiger partial charge in [-0.1, -0.05) is 13.8 Å². The first-order valence-corrected chi connectivity index (χ1v) is 7.47. The van der Waals surface area contributed by atoms with Crippen LogP contribution in [-0.4, -0.2) is 22.2 Å². The Balaban J connectivity index is 2.66. The van der Waals surface area contributed by atoms with Crippen molar-refractivity contribution < 1.29 is 0 Å². The lowest BCUT2D eigenvalue weighted by Gasteiger charge is -2.10. The number of nitrogens with one attached hydrogen (secondary N) is 1. The molecular weight excluding hydrogens is 302 g/mol. The first-order chi connectivity index (χ1) is 8.13. The van der Waals surface area contributed by atoms with Gasteiger partial charge in [0.1, 0.15) is 0 Å². The summed E-state index contributed by atoms with van der Waals surface area (Å²) in [6.07, 6.45) is 0.957. The average Bonchev–Trinajstić information content (AvgIpc) is 2.65. The summed E-state index contributed by atoms with van der Waals surface area (Å²) in [6, 6.07) is 0. The van der Waals surface area contributed by atoms with Crippen LogP contribution in [0, 0.1) is 5.92 Å². The second-order valence-corrected chi connectivity index (χ2v) is 5.37. The maximum absolute atomic E-state index is 5.78. The summed E-state index contributed by atoms with van der Waals surface area (Å²) in [5, 5.41) is 8.00. The van der Waals surface area contributed by atoms with Gasteiger partial charge in [0.25, 0.3) is 0 Å². The molecule has 98 valence electrons. The highest BCUT2D eigenvalue weighted by Crippen LogP contribution is 2.22. The lowest BCUT2D eigenvalue weighted by atomic mass is 10.2. The number of alkyl halides is 1. The van der Waals surface area contributed by atoms with Gasteiger partial charge in [0, 0.05) is 19.0 Å². The summed E-state index contributed by atoms with van der Waals surface area (Å²) < 4.78 is 3.20. The number of aryl methyl sites for hydroxylation is 2. The molecule has 0 bridgehead atoms. The maximum atomic E-state index is 5.78. The molecule has 0 saturated heterocycles. The van der Waals surface area contributed by atoms with Crippen molar-refractivity contribution in [2.24, 2.45) is 5.92 Å². The van der Waals surface area contributed by atoms with E-state index in [1.807, 2.05) is 0 Å². The minimum absolute atomic E-state index is 0.499. The maximum Gasteiger partial charge on any atom is 0.0767 e. The van der Waals surface area contributed by atoms with Gasteiger partial charge in [-0.3, -0.25) is 4.68 Å². The van der Waals surface area contributed by atoms with Gasteiger partial charge in [0.2, 0.25) is 0 Å². The summed E-state index contributed by atoms with van der Waals surface area (Å²) in [6.45, 7) is 9.06. The molecule has 1 heterocycles. The van der Waals surface area contributed by atoms with Crippen LogP contribution in [0.2, 0.25) is 0 Å². The Morgan fingerprint density at radius 3 is 2.71 bits per heavy atom. The van der Waals surface area contributed by atoms with E-state index in [-0.39, 0.29) is 0 Å². The van der Waals surface area contributed by atoms with Crippen LogP contribution in [-0.2, 0) is 19.5 Å². The monoisotopic (exact) mass is 321 g/mol. The van der Waals surface area contributed by atoms with E-state index in [0.29, 0.717) is 11.8 Å². The van der Waals surface area contributed by atoms with Crippen LogP contribution in [0.4, 0.5) is 0 Å². The SMILES string of the molecule is CCc1nn(CC)c(CNCC(C)CCl)c1Br. The van der Waals surface area contributed by atoms with Crippen LogP contribution in [0.1, 0.15) is 32.2 Å². The highest BCUT2D eigenvalue weighted by molar-refractivity contribution is 9.10. The summed E-state index contributed by atoms with van der Waals surface area (Å²) >= 11 is 9.42. The second-order valence-electron chi connectivity index (χ2n) is 4.27. The van der Waals surface area contributed by atoms with Crippen LogP contribution < -0.4 is 5.32 Å². The van der Waals surface area contributed by atoms with Crippen molar-refractivity contribution in [1.82, 2.24) is 15.1 Å². The third-order valence-corrected chi connectivity index (χ3v) is 4.18. The Morgan fingerprint density at radius 1 is 1.47 bits per heavy atom. The van der Waals surface area contributed by atoms with E-state index in [9.17, 15) is 0 Å². The van der Waals surface area contributed by atoms with Crippen LogP contribution in [0.25, 0.3) is 0 Å². The first-order valence-electron chi connectivity index (χ1n) is 6.14. The molecule has 1 aromatic heterocycles. The van der Waals surface area contributed by atoms with E-state index < -0.39 is 0 Å². The third kappa shape index (κ3) is 3.97. The van der Waals surface area contributed by atoms with Gasteiger partial charge in [-0.25, -0.2) is 0 Å². The fourth-order valence-electron chi connectivity index (χ4n) is 1.68. The second kappa shape index (κ2) is 7.39. The molecule has 1 rings (SSSR count). The van der Waals surface area contributed by atoms with Crippen LogP contribution >= 0.6 is 27.5 Å². The highest BCUT2D eigenvalue weighted by atomic mass is 79.9. The molecule has 0 amide bonds. The summed E-state index contributed by atoms with van der Waals surface area (Å²) in [5.41, 5.74) is 2.36. The number of halogens is 2. The molecular formula is C12H21BrClN3. The van der Waals surface area contributed by atoms with Crippen LogP contribution in [0.5, 0.6) is 0 Å². The van der Waals surface area contributed by atoms with Crippen molar-refractivity contribution in [3.63, 3.8) is 0 Å². The van der Waals surface area contributed by atoms with Gasteiger partial charge in [-0.2, -0.15) is 5.10 Å². The standard InChI is InChI=1S/C12H21BrClN3/c1-4-10-12(13)11(17(5-2)16-10)8-15-7-9(3)6-14/h9,15H,4-8H2,1-3H3. The van der Waals surface area contributed by atoms with Gasteiger partial charge in [-0.05, 0) is 41.7 Å². The predicted octanol–water partition coefficient (Wildman–Crippen LogP) is 3.19. The zero-order valence-corrected chi connectivity index (χ0v) is 13.1. The largest absolute Gasteiger partial charge is 0.311 e. The van der Waals surface area contributed by atoms with E-state index in [4.69, 9.17) is 11.6 Å². The number of hydrogen-bond donors (Lipinski definition) is 1. The van der Waals surface area contributed by atoms with Crippen LogP contribution in [0.15, 0.2) is 4.47 Å². The zero-order chi connectivity index (χ0) is 12.8. The molecule has 0 fully saturated rings. The van der Waals surface area contributed by atoms with Crippen molar-refractivity contribution >= 4 is 27.5 Å². The summed E-state index contributed by atoms with van der Waals surface area (Å²) in [5.74, 6) is 1.20. The van der Waals surface area contributed by atoms with E-state index in [1.165, 1.54) is 5.69 Å². The molecule has 0 spiro atoms. The smallest absolute Gasteiger partial charge is 0.0767 e. The molecule has 1 N–H and O–H groups in total. The Labute approximate surface area is 117 Å². The summed E-state index contributed by atoms with van der Waals surface area (Å²) in [4.78, 5) is 0. The van der Waals surface area contributed by atoms with Crippen molar-refractivity contribution in [3.05, 3.63) is 15.9 Å². The molecule has 0 saturated carbocycles. The van der Waals surface area contributed by atoms with Gasteiger partial charge in [-0.15, -0.1) is 11.6 Å². The molecule has 5 heteroatoms. The lowest BCUT2D eigenvalue weighted by molar-refractivity contribution is 0.527. The molecule has 0 aliphatic heterocycles. The lowest BCUT2D eigenvalue weighted by Crippen LogP contribution is -2.23. The average molecular weight is 323 g/mol. The van der Waals surface area contributed by atoms with Gasteiger partial charge in [0.05, 0.1) is 15.9 Å². The summed E-state index contributed by atoms with van der Waals surface area (Å²) in [7, 11) is 0. The molecule has 3 nitrogen and oxygen atoms in total. The zero-order valence-electron chi connectivity index (χ0n) is 10.8. The van der Waals surface area contributed by atoms with E-state index in [1.54, 1.807) is 0 Å². The van der Waals surface area contributed by atoms with Gasteiger partial charge < -0.3 is 5.32 Å².